The second kappa shape index (κ2) is 5.99. The predicted octanol–water partition coefficient (Wildman–Crippen LogP) is 2.78. The molecule has 1 N–H and O–H groups in total. The highest BCUT2D eigenvalue weighted by Crippen LogP contribution is 2.31. The van der Waals surface area contributed by atoms with E-state index in [-0.39, 0.29) is 14.9 Å². The normalized spacial score (nSPS) is 11.2. The molecular weight excluding hydrogens is 355 g/mol. The summed E-state index contributed by atoms with van der Waals surface area (Å²) in [6.45, 7) is 0. The van der Waals surface area contributed by atoms with Crippen LogP contribution in [0.1, 0.15) is 0 Å². The van der Waals surface area contributed by atoms with Crippen LogP contribution in [0.25, 0.3) is 0 Å². The van der Waals surface area contributed by atoms with E-state index in [2.05, 4.69) is 0 Å². The number of nitrogens with one attached hydrogen (secondary N) is 1. The van der Waals surface area contributed by atoms with Gasteiger partial charge in [-0.05, 0) is 18.2 Å². The molecule has 0 saturated heterocycles. The molecule has 10 heteroatoms. The van der Waals surface area contributed by atoms with E-state index in [9.17, 15) is 23.6 Å². The maximum atomic E-state index is 12.2. The summed E-state index contributed by atoms with van der Waals surface area (Å²) in [5.74, 6) is -0.715. The molecule has 2 aromatic rings. The van der Waals surface area contributed by atoms with E-state index < -0.39 is 32.1 Å². The number of benzene rings is 2. The van der Waals surface area contributed by atoms with Crippen LogP contribution in [0.3, 0.4) is 0 Å². The number of nitrogens with zero attached hydrogens (tertiary/aromatic N) is 1. The van der Waals surface area contributed by atoms with Crippen LogP contribution in [0, 0.1) is 10.1 Å². The fourth-order valence-electron chi connectivity index (χ4n) is 1.59. The van der Waals surface area contributed by atoms with Crippen molar-refractivity contribution in [3.05, 3.63) is 56.6 Å². The fraction of sp³-hybridized carbons (Fsp3) is 0. The smallest absolute Gasteiger partial charge is 0.271 e. The van der Waals surface area contributed by atoms with Crippen molar-refractivity contribution in [2.75, 3.05) is 4.72 Å². The lowest BCUT2D eigenvalue weighted by Crippen LogP contribution is -2.15. The molecule has 0 heterocycles. The summed E-state index contributed by atoms with van der Waals surface area (Å²) in [6.07, 6.45) is 0. The van der Waals surface area contributed by atoms with Crippen molar-refractivity contribution in [3.63, 3.8) is 0 Å². The first-order valence-electron chi connectivity index (χ1n) is 5.64. The molecule has 0 amide bonds. The number of anilines is 1. The summed E-state index contributed by atoms with van der Waals surface area (Å²) in [5.41, 5.74) is -0.875. The van der Waals surface area contributed by atoms with Gasteiger partial charge in [-0.2, -0.15) is 0 Å². The number of nitro groups is 1. The van der Waals surface area contributed by atoms with Crippen molar-refractivity contribution in [3.8, 4) is 5.75 Å². The Kier molecular flexibility index (Phi) is 4.45. The second-order valence-electron chi connectivity index (χ2n) is 4.12. The van der Waals surface area contributed by atoms with Crippen LogP contribution in [0.15, 0.2) is 41.3 Å². The maximum absolute atomic E-state index is 12.2. The zero-order valence-corrected chi connectivity index (χ0v) is 12.9. The van der Waals surface area contributed by atoms with Crippen LogP contribution in [0.5, 0.6) is 5.75 Å². The summed E-state index contributed by atoms with van der Waals surface area (Å²) in [5, 5.41) is 22.4. The molecule has 0 spiro atoms. The molecule has 0 fully saturated rings. The molecular formula is C12H7Cl2N2O5S-. The molecule has 22 heavy (non-hydrogen) atoms. The number of hydrogen-bond donors (Lipinski definition) is 1. The molecule has 0 aliphatic heterocycles. The minimum absolute atomic E-state index is 0.102. The highest BCUT2D eigenvalue weighted by molar-refractivity contribution is 7.92. The molecule has 116 valence electrons. The topological polar surface area (TPSA) is 112 Å². The van der Waals surface area contributed by atoms with E-state index in [1.807, 2.05) is 4.72 Å². The Labute approximate surface area is 135 Å². The standard InChI is InChI=1S/C12H8Cl2N2O5S/c13-7-1-3-9(14)12(5-7)22(20,21)15-10-6-8(16(18)19)2-4-11(10)17/h1-6,15,17H/p-1. The van der Waals surface area contributed by atoms with Gasteiger partial charge in [0.2, 0.25) is 0 Å². The highest BCUT2D eigenvalue weighted by atomic mass is 35.5. The first kappa shape index (κ1) is 16.3. The summed E-state index contributed by atoms with van der Waals surface area (Å²) < 4.78 is 26.5. The Morgan fingerprint density at radius 2 is 1.77 bits per heavy atom. The van der Waals surface area contributed by atoms with Gasteiger partial charge in [0.05, 0.1) is 9.95 Å². The number of nitro benzene ring substituents is 1. The third kappa shape index (κ3) is 3.41. The quantitative estimate of drug-likeness (QED) is 0.664. The average molecular weight is 362 g/mol. The van der Waals surface area contributed by atoms with E-state index in [0.717, 1.165) is 24.3 Å². The van der Waals surface area contributed by atoms with Crippen LogP contribution in [0.2, 0.25) is 10.0 Å². The Bertz CT molecular complexity index is 855. The number of halogens is 2. The molecule has 7 nitrogen and oxygen atoms in total. The van der Waals surface area contributed by atoms with Crippen LogP contribution in [-0.2, 0) is 10.0 Å². The zero-order valence-electron chi connectivity index (χ0n) is 10.6. The van der Waals surface area contributed by atoms with Crippen molar-refractivity contribution in [1.82, 2.24) is 0 Å². The van der Waals surface area contributed by atoms with Crippen molar-refractivity contribution in [2.24, 2.45) is 0 Å². The van der Waals surface area contributed by atoms with Crippen LogP contribution >= 0.6 is 23.2 Å². The summed E-state index contributed by atoms with van der Waals surface area (Å²) >= 11 is 11.5. The van der Waals surface area contributed by atoms with Gasteiger partial charge in [0, 0.05) is 22.8 Å². The lowest BCUT2D eigenvalue weighted by molar-refractivity contribution is -0.385. The third-order valence-corrected chi connectivity index (χ3v) is 4.68. The first-order chi connectivity index (χ1) is 10.2. The van der Waals surface area contributed by atoms with Gasteiger partial charge < -0.3 is 5.11 Å². The molecule has 0 unspecified atom stereocenters. The fourth-order valence-corrected chi connectivity index (χ4v) is 3.42. The van der Waals surface area contributed by atoms with Crippen LogP contribution in [-0.4, -0.2) is 13.3 Å². The minimum atomic E-state index is -4.22. The van der Waals surface area contributed by atoms with Gasteiger partial charge in [0.15, 0.2) is 0 Å². The Balaban J connectivity index is 2.47. The van der Waals surface area contributed by atoms with Crippen molar-refractivity contribution in [1.29, 1.82) is 0 Å². The largest absolute Gasteiger partial charge is 0.871 e. The molecule has 0 aliphatic rings. The summed E-state index contributed by atoms with van der Waals surface area (Å²) in [4.78, 5) is 9.60. The third-order valence-electron chi connectivity index (χ3n) is 2.60. The van der Waals surface area contributed by atoms with Crippen molar-refractivity contribution < 1.29 is 18.4 Å². The SMILES string of the molecule is O=[N+]([O-])c1ccc([O-])c(NS(=O)(=O)c2cc(Cl)ccc2Cl)c1. The monoisotopic (exact) mass is 361 g/mol. The molecule has 2 aromatic carbocycles. The van der Waals surface area contributed by atoms with E-state index in [0.29, 0.717) is 0 Å². The van der Waals surface area contributed by atoms with E-state index in [1.165, 1.54) is 12.1 Å². The molecule has 2 rings (SSSR count). The molecule has 0 aliphatic carbocycles. The summed E-state index contributed by atoms with van der Waals surface area (Å²) in [6, 6.07) is 6.49. The minimum Gasteiger partial charge on any atom is -0.871 e. The van der Waals surface area contributed by atoms with Gasteiger partial charge >= 0.3 is 0 Å². The Morgan fingerprint density at radius 3 is 2.41 bits per heavy atom. The molecule has 0 saturated carbocycles. The predicted molar refractivity (Wildman–Crippen MR) is 79.8 cm³/mol. The zero-order chi connectivity index (χ0) is 16.5. The second-order valence-corrected chi connectivity index (χ2v) is 6.61. The molecule has 0 radical (unpaired) electrons. The summed E-state index contributed by atoms with van der Waals surface area (Å²) in [7, 11) is -4.22. The number of non-ortho nitro benzene ring substituents is 1. The molecule has 0 aromatic heterocycles. The lowest BCUT2D eigenvalue weighted by atomic mass is 10.2. The average Bonchev–Trinajstić information content (AvgIpc) is 2.43. The molecule has 0 bridgehead atoms. The number of hydrogen-bond acceptors (Lipinski definition) is 5. The van der Waals surface area contributed by atoms with E-state index in [1.54, 1.807) is 0 Å². The first-order valence-corrected chi connectivity index (χ1v) is 7.88. The Morgan fingerprint density at radius 1 is 1.09 bits per heavy atom. The van der Waals surface area contributed by atoms with Gasteiger partial charge in [0.25, 0.3) is 15.7 Å². The van der Waals surface area contributed by atoms with Crippen LogP contribution < -0.4 is 9.83 Å². The van der Waals surface area contributed by atoms with E-state index in [4.69, 9.17) is 23.2 Å². The number of rotatable bonds is 4. The highest BCUT2D eigenvalue weighted by Gasteiger charge is 2.20. The lowest BCUT2D eigenvalue weighted by Gasteiger charge is -2.15. The van der Waals surface area contributed by atoms with Gasteiger partial charge in [0.1, 0.15) is 4.90 Å². The number of sulfonamides is 1. The van der Waals surface area contributed by atoms with Gasteiger partial charge in [-0.1, -0.05) is 35.0 Å². The Hall–Kier alpha value is -2.03. The van der Waals surface area contributed by atoms with E-state index >= 15 is 0 Å². The van der Waals surface area contributed by atoms with Crippen LogP contribution in [0.4, 0.5) is 11.4 Å². The van der Waals surface area contributed by atoms with Gasteiger partial charge in [-0.15, -0.1) is 0 Å². The van der Waals surface area contributed by atoms with Gasteiger partial charge in [-0.25, -0.2) is 8.42 Å². The molecule has 0 atom stereocenters. The van der Waals surface area contributed by atoms with Crippen molar-refractivity contribution in [2.45, 2.75) is 4.90 Å². The van der Waals surface area contributed by atoms with Crippen molar-refractivity contribution >= 4 is 44.6 Å². The van der Waals surface area contributed by atoms with Gasteiger partial charge in [-0.3, -0.25) is 14.8 Å². The maximum Gasteiger partial charge on any atom is 0.271 e.